The van der Waals surface area contributed by atoms with E-state index in [-0.39, 0.29) is 37.1 Å². The van der Waals surface area contributed by atoms with Crippen molar-refractivity contribution in [2.45, 2.75) is 129 Å². The van der Waals surface area contributed by atoms with Crippen LogP contribution in [0, 0.1) is 13.8 Å². The van der Waals surface area contributed by atoms with Gasteiger partial charge in [0.05, 0.1) is 62.0 Å². The van der Waals surface area contributed by atoms with Crippen LogP contribution in [0.2, 0.25) is 0 Å². The summed E-state index contributed by atoms with van der Waals surface area (Å²) in [4.78, 5) is 38.2. The molecule has 0 spiro atoms. The van der Waals surface area contributed by atoms with Gasteiger partial charge in [-0.1, -0.05) is 115 Å². The topological polar surface area (TPSA) is 156 Å². The molecule has 0 aliphatic heterocycles. The highest BCUT2D eigenvalue weighted by Gasteiger charge is 2.26. The molecule has 0 unspecified atom stereocenters. The number of carboxylic acid groups (broad SMARTS) is 2. The zero-order valence-corrected chi connectivity index (χ0v) is 41.8. The number of hydrogen-bond acceptors (Lipinski definition) is 8. The van der Waals surface area contributed by atoms with Crippen molar-refractivity contribution in [2.24, 2.45) is 0 Å². The Labute approximate surface area is 421 Å². The van der Waals surface area contributed by atoms with Crippen molar-refractivity contribution in [2.75, 3.05) is 44.7 Å². The third kappa shape index (κ3) is 19.0. The molecule has 12 nitrogen and oxygen atoms in total. The summed E-state index contributed by atoms with van der Waals surface area (Å²) in [6, 6.07) is 41.3. The number of aromatic carboxylic acids is 2. The summed E-state index contributed by atoms with van der Waals surface area (Å²) in [5.41, 5.74) is 7.07. The Bertz CT molecular complexity index is 2350. The van der Waals surface area contributed by atoms with Crippen molar-refractivity contribution >= 4 is 23.7 Å². The van der Waals surface area contributed by atoms with Crippen LogP contribution in [-0.2, 0) is 45.0 Å². The van der Waals surface area contributed by atoms with Crippen molar-refractivity contribution in [3.63, 3.8) is 0 Å². The maximum atomic E-state index is 13.1. The molecule has 4 atom stereocenters. The molecule has 7 rings (SSSR count). The van der Waals surface area contributed by atoms with Crippen LogP contribution in [0.1, 0.15) is 118 Å². The van der Waals surface area contributed by atoms with Crippen LogP contribution in [0.25, 0.3) is 0 Å². The number of nitrogens with one attached hydrogen (secondary N) is 2. The van der Waals surface area contributed by atoms with E-state index in [4.69, 9.17) is 18.9 Å². The van der Waals surface area contributed by atoms with Gasteiger partial charge in [-0.3, -0.25) is 0 Å². The number of benzene rings is 5. The van der Waals surface area contributed by atoms with E-state index in [1.165, 1.54) is 11.1 Å². The largest absolute Gasteiger partial charge is 0.478 e. The zero-order valence-electron chi connectivity index (χ0n) is 41.8. The van der Waals surface area contributed by atoms with Gasteiger partial charge < -0.3 is 44.7 Å². The molecule has 2 saturated carbocycles. The minimum atomic E-state index is -0.925. The van der Waals surface area contributed by atoms with E-state index >= 15 is 0 Å². The highest BCUT2D eigenvalue weighted by atomic mass is 16.5. The molecule has 2 aliphatic carbocycles. The fourth-order valence-corrected chi connectivity index (χ4v) is 9.51. The Balaban J connectivity index is 0.000000240. The minimum absolute atomic E-state index is 0.0178. The van der Waals surface area contributed by atoms with Crippen LogP contribution in [0.5, 0.6) is 0 Å². The van der Waals surface area contributed by atoms with Gasteiger partial charge in [0, 0.05) is 25.3 Å². The number of para-hydroxylation sites is 1. The van der Waals surface area contributed by atoms with Gasteiger partial charge in [0.25, 0.3) is 0 Å². The Morgan fingerprint density at radius 1 is 0.535 bits per heavy atom. The predicted molar refractivity (Wildman–Crippen MR) is 279 cm³/mol. The van der Waals surface area contributed by atoms with Gasteiger partial charge >= 0.3 is 18.0 Å². The van der Waals surface area contributed by atoms with E-state index < -0.39 is 11.9 Å². The summed E-state index contributed by atoms with van der Waals surface area (Å²) in [7, 11) is 0. The van der Waals surface area contributed by atoms with Crippen LogP contribution >= 0.6 is 0 Å². The lowest BCUT2D eigenvalue weighted by molar-refractivity contribution is -0.0523. The number of hydrogen-bond donors (Lipinski definition) is 4. The number of ether oxygens (including phenoxy) is 4. The lowest BCUT2D eigenvalue weighted by Crippen LogP contribution is -2.39. The number of nitrogens with zero attached hydrogens (tertiary/aromatic N) is 1. The van der Waals surface area contributed by atoms with Crippen LogP contribution in [0.4, 0.5) is 10.5 Å². The summed E-state index contributed by atoms with van der Waals surface area (Å²) < 4.78 is 24.6. The lowest BCUT2D eigenvalue weighted by Gasteiger charge is -2.30. The van der Waals surface area contributed by atoms with Gasteiger partial charge in [0.2, 0.25) is 0 Å². The average Bonchev–Trinajstić information content (AvgIpc) is 3.38. The van der Waals surface area contributed by atoms with Crippen molar-refractivity contribution in [3.05, 3.63) is 172 Å². The fraction of sp³-hybridized carbons (Fsp3) is 0.441. The summed E-state index contributed by atoms with van der Waals surface area (Å²) in [6.07, 6.45) is 12.1. The van der Waals surface area contributed by atoms with Gasteiger partial charge in [-0.15, -0.1) is 0 Å². The quantitative estimate of drug-likeness (QED) is 0.0415. The Morgan fingerprint density at radius 2 is 1.00 bits per heavy atom. The second kappa shape index (κ2) is 30.1. The highest BCUT2D eigenvalue weighted by Crippen LogP contribution is 2.27. The molecule has 2 aliphatic rings. The first-order valence-electron chi connectivity index (χ1n) is 25.6. The maximum absolute atomic E-state index is 13.1. The lowest BCUT2D eigenvalue weighted by atomic mass is 9.94. The van der Waals surface area contributed by atoms with E-state index in [2.05, 4.69) is 53.1 Å². The average molecular weight is 970 g/mol. The standard InChI is InChI=1S/C33H40N2O5.C26H35NO4/c1-25-11-8-15-27(31(25)32(36)37)24-40-30-19-9-18-29(23-30)39-22-21-35(20-10-14-26-12-4-2-5-13-26)33(38)34-28-16-6-3-7-17-28;1-20-8-5-12-22(25(20)26(28)29)19-31-24-14-6-13-23(18-24)30-17-16-27-15-7-11-21-9-3-2-4-10-21/h2-8,11-13,15-17,29-30H,9-10,14,18-24H2,1H3,(H,34,38)(H,36,37);2-5,8-10,12,23-24,27H,6-7,11,13-19H2,1H3,(H,28,29)/t29-,30+;23-,24+/m00/s1. The number of carbonyl (C=O) groups is 3. The normalized spacial score (nSPS) is 17.7. The Hall–Kier alpha value is -5.89. The van der Waals surface area contributed by atoms with Gasteiger partial charge in [-0.25, -0.2) is 14.4 Å². The van der Waals surface area contributed by atoms with Crippen LogP contribution < -0.4 is 10.6 Å². The zero-order chi connectivity index (χ0) is 50.0. The molecule has 4 N–H and O–H groups in total. The van der Waals surface area contributed by atoms with Gasteiger partial charge in [-0.05, 0) is 143 Å². The molecule has 0 heterocycles. The first kappa shape index (κ1) is 54.4. The van der Waals surface area contributed by atoms with E-state index in [0.29, 0.717) is 49.6 Å². The van der Waals surface area contributed by atoms with Crippen LogP contribution in [0.15, 0.2) is 127 Å². The molecule has 2 fully saturated rings. The molecular formula is C59H75N3O9. The van der Waals surface area contributed by atoms with Crippen molar-refractivity contribution in [1.29, 1.82) is 0 Å². The van der Waals surface area contributed by atoms with Crippen LogP contribution in [0.3, 0.4) is 0 Å². The van der Waals surface area contributed by atoms with E-state index in [1.54, 1.807) is 0 Å². The number of anilines is 1. The SMILES string of the molecule is Cc1cccc(CO[C@@H]2CCC[C@H](OCCN(CCCc3ccccc3)C(=O)Nc3ccccc3)C2)c1C(=O)O.Cc1cccc(CO[C@@H]2CCC[C@H](OCCNCCCc3ccccc3)C2)c1C(=O)O. The first-order chi connectivity index (χ1) is 34.6. The third-order valence-corrected chi connectivity index (χ3v) is 13.3. The Morgan fingerprint density at radius 3 is 1.51 bits per heavy atom. The van der Waals surface area contributed by atoms with Crippen molar-refractivity contribution in [1.82, 2.24) is 10.2 Å². The minimum Gasteiger partial charge on any atom is -0.478 e. The van der Waals surface area contributed by atoms with E-state index in [9.17, 15) is 24.6 Å². The molecule has 0 bridgehead atoms. The van der Waals surface area contributed by atoms with E-state index in [1.807, 2.05) is 104 Å². The van der Waals surface area contributed by atoms with Crippen LogP contribution in [-0.4, -0.2) is 96.9 Å². The van der Waals surface area contributed by atoms with Crippen molar-refractivity contribution < 1.29 is 43.5 Å². The van der Waals surface area contributed by atoms with Gasteiger partial charge in [-0.2, -0.15) is 0 Å². The smallest absolute Gasteiger partial charge is 0.336 e. The van der Waals surface area contributed by atoms with Gasteiger partial charge in [0.1, 0.15) is 0 Å². The molecule has 5 aromatic rings. The molecule has 0 aromatic heterocycles. The second-order valence-electron chi connectivity index (χ2n) is 18.7. The molecule has 12 heteroatoms. The fourth-order valence-electron chi connectivity index (χ4n) is 9.51. The second-order valence-corrected chi connectivity index (χ2v) is 18.7. The monoisotopic (exact) mass is 970 g/mol. The molecule has 0 radical (unpaired) electrons. The summed E-state index contributed by atoms with van der Waals surface area (Å²) in [5.74, 6) is -1.82. The maximum Gasteiger partial charge on any atom is 0.336 e. The van der Waals surface area contributed by atoms with Gasteiger partial charge in [0.15, 0.2) is 0 Å². The predicted octanol–water partition coefficient (Wildman–Crippen LogP) is 11.5. The third-order valence-electron chi connectivity index (χ3n) is 13.3. The number of rotatable bonds is 25. The number of aryl methyl sites for hydroxylation is 4. The molecule has 380 valence electrons. The highest BCUT2D eigenvalue weighted by molar-refractivity contribution is 5.91. The number of carbonyl (C=O) groups excluding carboxylic acids is 1. The first-order valence-corrected chi connectivity index (χ1v) is 25.6. The summed E-state index contributed by atoms with van der Waals surface area (Å²) >= 11 is 0. The molecule has 5 aromatic carbocycles. The summed E-state index contributed by atoms with van der Waals surface area (Å²) in [6.45, 7) is 8.40. The van der Waals surface area contributed by atoms with Crippen molar-refractivity contribution in [3.8, 4) is 0 Å². The number of urea groups is 1. The molecular weight excluding hydrogens is 895 g/mol. The molecule has 2 amide bonds. The van der Waals surface area contributed by atoms with E-state index in [0.717, 1.165) is 113 Å². The number of carboxylic acids is 2. The number of amides is 2. The summed E-state index contributed by atoms with van der Waals surface area (Å²) in [5, 5.41) is 25.5. The Kier molecular flexibility index (Phi) is 23.1. The molecule has 71 heavy (non-hydrogen) atoms. The molecule has 0 saturated heterocycles.